The van der Waals surface area contributed by atoms with Crippen LogP contribution in [0.4, 0.5) is 0 Å². The SMILES string of the molecule is Cc1ccc(C(C)N(CCCN)Cc2ccccc2)cc1. The van der Waals surface area contributed by atoms with Crippen molar-refractivity contribution in [2.75, 3.05) is 13.1 Å². The molecule has 0 bridgehead atoms. The van der Waals surface area contributed by atoms with Crippen molar-refractivity contribution in [2.24, 2.45) is 5.73 Å². The van der Waals surface area contributed by atoms with E-state index in [0.29, 0.717) is 6.04 Å². The Bertz CT molecular complexity index is 519. The Kier molecular flexibility index (Phi) is 5.97. The molecule has 0 saturated heterocycles. The van der Waals surface area contributed by atoms with Crippen molar-refractivity contribution >= 4 is 0 Å². The van der Waals surface area contributed by atoms with Crippen LogP contribution in [0, 0.1) is 6.92 Å². The van der Waals surface area contributed by atoms with Gasteiger partial charge in [-0.15, -0.1) is 0 Å². The Morgan fingerprint density at radius 3 is 2.29 bits per heavy atom. The number of hydrogen-bond acceptors (Lipinski definition) is 2. The summed E-state index contributed by atoms with van der Waals surface area (Å²) in [5.41, 5.74) is 9.73. The van der Waals surface area contributed by atoms with Crippen molar-refractivity contribution in [1.82, 2.24) is 4.90 Å². The summed E-state index contributed by atoms with van der Waals surface area (Å²) in [4.78, 5) is 2.51. The highest BCUT2D eigenvalue weighted by atomic mass is 15.1. The van der Waals surface area contributed by atoms with Crippen LogP contribution in [0.1, 0.15) is 36.1 Å². The molecule has 2 heteroatoms. The van der Waals surface area contributed by atoms with E-state index in [2.05, 4.69) is 73.3 Å². The molecule has 0 aliphatic carbocycles. The Morgan fingerprint density at radius 1 is 1.00 bits per heavy atom. The van der Waals surface area contributed by atoms with Crippen molar-refractivity contribution in [2.45, 2.75) is 32.9 Å². The fourth-order valence-corrected chi connectivity index (χ4v) is 2.58. The van der Waals surface area contributed by atoms with Gasteiger partial charge in [-0.3, -0.25) is 4.90 Å². The second-order valence-electron chi connectivity index (χ2n) is 5.68. The molecule has 0 amide bonds. The molecular formula is C19H26N2. The molecular weight excluding hydrogens is 256 g/mol. The lowest BCUT2D eigenvalue weighted by Crippen LogP contribution is -2.29. The van der Waals surface area contributed by atoms with Gasteiger partial charge in [0.2, 0.25) is 0 Å². The summed E-state index contributed by atoms with van der Waals surface area (Å²) in [6.07, 6.45) is 1.03. The summed E-state index contributed by atoms with van der Waals surface area (Å²) in [6.45, 7) is 7.15. The maximum atomic E-state index is 5.70. The molecule has 2 aromatic rings. The first kappa shape index (κ1) is 15.7. The minimum absolute atomic E-state index is 0.400. The largest absolute Gasteiger partial charge is 0.330 e. The molecule has 21 heavy (non-hydrogen) atoms. The Morgan fingerprint density at radius 2 is 1.67 bits per heavy atom. The Balaban J connectivity index is 2.12. The van der Waals surface area contributed by atoms with Crippen LogP contribution in [0.2, 0.25) is 0 Å². The van der Waals surface area contributed by atoms with Crippen molar-refractivity contribution in [1.29, 1.82) is 0 Å². The molecule has 1 atom stereocenters. The van der Waals surface area contributed by atoms with Crippen molar-refractivity contribution in [3.8, 4) is 0 Å². The third kappa shape index (κ3) is 4.69. The summed E-state index contributed by atoms with van der Waals surface area (Å²) in [7, 11) is 0. The molecule has 2 rings (SSSR count). The van der Waals surface area contributed by atoms with E-state index in [1.165, 1.54) is 16.7 Å². The topological polar surface area (TPSA) is 29.3 Å². The van der Waals surface area contributed by atoms with Gasteiger partial charge in [-0.05, 0) is 37.9 Å². The molecule has 2 nitrogen and oxygen atoms in total. The van der Waals surface area contributed by atoms with Gasteiger partial charge in [0.15, 0.2) is 0 Å². The van der Waals surface area contributed by atoms with Gasteiger partial charge < -0.3 is 5.73 Å². The van der Waals surface area contributed by atoms with Crippen LogP contribution in [0.15, 0.2) is 54.6 Å². The molecule has 0 aliphatic heterocycles. The zero-order chi connectivity index (χ0) is 15.1. The molecule has 0 aromatic heterocycles. The number of nitrogens with zero attached hydrogens (tertiary/aromatic N) is 1. The standard InChI is InChI=1S/C19H26N2/c1-16-9-11-19(12-10-16)17(2)21(14-6-13-20)15-18-7-4-3-5-8-18/h3-5,7-12,17H,6,13-15,20H2,1-2H3. The van der Waals surface area contributed by atoms with E-state index >= 15 is 0 Å². The van der Waals surface area contributed by atoms with Gasteiger partial charge in [0.25, 0.3) is 0 Å². The van der Waals surface area contributed by atoms with Crippen molar-refractivity contribution in [3.05, 3.63) is 71.3 Å². The first-order valence-corrected chi connectivity index (χ1v) is 7.75. The molecule has 0 spiro atoms. The summed E-state index contributed by atoms with van der Waals surface area (Å²) < 4.78 is 0. The minimum atomic E-state index is 0.400. The maximum absolute atomic E-state index is 5.70. The Labute approximate surface area is 128 Å². The average molecular weight is 282 g/mol. The van der Waals surface area contributed by atoms with Crippen LogP contribution >= 0.6 is 0 Å². The van der Waals surface area contributed by atoms with Gasteiger partial charge in [0.05, 0.1) is 0 Å². The summed E-state index contributed by atoms with van der Waals surface area (Å²) in [5.74, 6) is 0. The van der Waals surface area contributed by atoms with Gasteiger partial charge in [-0.2, -0.15) is 0 Å². The van der Waals surface area contributed by atoms with Gasteiger partial charge >= 0.3 is 0 Å². The van der Waals surface area contributed by atoms with E-state index in [1.807, 2.05) is 0 Å². The minimum Gasteiger partial charge on any atom is -0.330 e. The molecule has 2 aromatic carbocycles. The Hall–Kier alpha value is -1.64. The van der Waals surface area contributed by atoms with Crippen molar-refractivity contribution in [3.63, 3.8) is 0 Å². The highest BCUT2D eigenvalue weighted by molar-refractivity contribution is 5.24. The number of hydrogen-bond donors (Lipinski definition) is 1. The van der Waals surface area contributed by atoms with Gasteiger partial charge in [-0.25, -0.2) is 0 Å². The lowest BCUT2D eigenvalue weighted by molar-refractivity contribution is 0.200. The van der Waals surface area contributed by atoms with Crippen LogP contribution in [0.25, 0.3) is 0 Å². The summed E-state index contributed by atoms with van der Waals surface area (Å²) >= 11 is 0. The molecule has 112 valence electrons. The third-order valence-corrected chi connectivity index (χ3v) is 3.99. The lowest BCUT2D eigenvalue weighted by Gasteiger charge is -2.29. The van der Waals surface area contributed by atoms with Crippen molar-refractivity contribution < 1.29 is 0 Å². The zero-order valence-electron chi connectivity index (χ0n) is 13.1. The van der Waals surface area contributed by atoms with E-state index in [0.717, 1.165) is 26.1 Å². The van der Waals surface area contributed by atoms with Gasteiger partial charge in [0.1, 0.15) is 0 Å². The highest BCUT2D eigenvalue weighted by Crippen LogP contribution is 2.23. The number of benzene rings is 2. The molecule has 2 N–H and O–H groups in total. The molecule has 1 unspecified atom stereocenters. The van der Waals surface area contributed by atoms with E-state index < -0.39 is 0 Å². The summed E-state index contributed by atoms with van der Waals surface area (Å²) in [5, 5.41) is 0. The fourth-order valence-electron chi connectivity index (χ4n) is 2.58. The molecule has 0 heterocycles. The molecule has 0 saturated carbocycles. The van der Waals surface area contributed by atoms with E-state index in [1.54, 1.807) is 0 Å². The fraction of sp³-hybridized carbons (Fsp3) is 0.368. The number of aryl methyl sites for hydroxylation is 1. The van der Waals surface area contributed by atoms with Crippen LogP contribution in [-0.4, -0.2) is 18.0 Å². The third-order valence-electron chi connectivity index (χ3n) is 3.99. The smallest absolute Gasteiger partial charge is 0.0323 e. The predicted molar refractivity (Wildman–Crippen MR) is 90.1 cm³/mol. The lowest BCUT2D eigenvalue weighted by atomic mass is 10.0. The monoisotopic (exact) mass is 282 g/mol. The van der Waals surface area contributed by atoms with Gasteiger partial charge in [0, 0.05) is 19.1 Å². The average Bonchev–Trinajstić information content (AvgIpc) is 2.52. The predicted octanol–water partition coefficient (Wildman–Crippen LogP) is 3.91. The second-order valence-corrected chi connectivity index (χ2v) is 5.68. The number of nitrogens with two attached hydrogens (primary N) is 1. The first-order valence-electron chi connectivity index (χ1n) is 7.75. The van der Waals surface area contributed by atoms with E-state index in [4.69, 9.17) is 5.73 Å². The second kappa shape index (κ2) is 7.96. The summed E-state index contributed by atoms with van der Waals surface area (Å²) in [6, 6.07) is 19.9. The van der Waals surface area contributed by atoms with Crippen LogP contribution in [-0.2, 0) is 6.54 Å². The van der Waals surface area contributed by atoms with Crippen LogP contribution in [0.3, 0.4) is 0 Å². The molecule has 0 radical (unpaired) electrons. The zero-order valence-corrected chi connectivity index (χ0v) is 13.1. The number of rotatable bonds is 7. The van der Waals surface area contributed by atoms with Crippen LogP contribution < -0.4 is 5.73 Å². The normalized spacial score (nSPS) is 12.6. The van der Waals surface area contributed by atoms with Crippen LogP contribution in [0.5, 0.6) is 0 Å². The highest BCUT2D eigenvalue weighted by Gasteiger charge is 2.15. The van der Waals surface area contributed by atoms with E-state index in [-0.39, 0.29) is 0 Å². The molecule has 0 aliphatic rings. The quantitative estimate of drug-likeness (QED) is 0.834. The maximum Gasteiger partial charge on any atom is 0.0323 e. The molecule has 0 fully saturated rings. The van der Waals surface area contributed by atoms with Gasteiger partial charge in [-0.1, -0.05) is 60.2 Å². The first-order chi connectivity index (χ1) is 10.2. The van der Waals surface area contributed by atoms with E-state index in [9.17, 15) is 0 Å².